The minimum Gasteiger partial charge on any atom is -0.368 e. The first kappa shape index (κ1) is 21.6. The van der Waals surface area contributed by atoms with Crippen LogP contribution in [0.25, 0.3) is 0 Å². The molecule has 1 heterocycles. The number of alkyl halides is 3. The van der Waals surface area contributed by atoms with Crippen LogP contribution in [0.3, 0.4) is 0 Å². The summed E-state index contributed by atoms with van der Waals surface area (Å²) in [6, 6.07) is 8.59. The summed E-state index contributed by atoms with van der Waals surface area (Å²) in [6.07, 6.45) is -4.38. The molecule has 2 aromatic carbocycles. The number of hydrogen-bond donors (Lipinski definition) is 2. The molecular formula is C18H16BrF3N2O4S. The summed E-state index contributed by atoms with van der Waals surface area (Å²) in [7, 11) is -4.28. The summed E-state index contributed by atoms with van der Waals surface area (Å²) in [5.74, 6) is -0.544. The highest BCUT2D eigenvalue weighted by atomic mass is 79.9. The number of benzene rings is 2. The van der Waals surface area contributed by atoms with Crippen LogP contribution in [-0.2, 0) is 25.7 Å². The van der Waals surface area contributed by atoms with Gasteiger partial charge in [-0.1, -0.05) is 12.1 Å². The molecule has 2 aromatic rings. The summed E-state index contributed by atoms with van der Waals surface area (Å²) in [5, 5.41) is 2.38. The Morgan fingerprint density at radius 2 is 1.90 bits per heavy atom. The van der Waals surface area contributed by atoms with E-state index >= 15 is 0 Å². The molecule has 2 N–H and O–H groups in total. The second-order valence-corrected chi connectivity index (χ2v) is 8.79. The number of amides is 1. The molecular weight excluding hydrogens is 477 g/mol. The van der Waals surface area contributed by atoms with E-state index in [1.807, 2.05) is 4.72 Å². The van der Waals surface area contributed by atoms with E-state index in [1.165, 1.54) is 24.3 Å². The van der Waals surface area contributed by atoms with E-state index < -0.39 is 39.5 Å². The summed E-state index contributed by atoms with van der Waals surface area (Å²) in [5.41, 5.74) is -1.98. The van der Waals surface area contributed by atoms with Crippen LogP contribution < -0.4 is 10.0 Å². The van der Waals surface area contributed by atoms with Crippen molar-refractivity contribution in [2.75, 3.05) is 16.6 Å². The molecule has 156 valence electrons. The Morgan fingerprint density at radius 1 is 1.17 bits per heavy atom. The third kappa shape index (κ3) is 5.09. The predicted octanol–water partition coefficient (Wildman–Crippen LogP) is 4.39. The summed E-state index contributed by atoms with van der Waals surface area (Å²) in [4.78, 5) is 11.9. The summed E-state index contributed by atoms with van der Waals surface area (Å²) < 4.78 is 73.1. The van der Waals surface area contributed by atoms with Gasteiger partial charge >= 0.3 is 6.18 Å². The molecule has 1 unspecified atom stereocenters. The van der Waals surface area contributed by atoms with Crippen molar-refractivity contribution in [1.82, 2.24) is 0 Å². The number of hydrogen-bond acceptors (Lipinski definition) is 4. The maximum Gasteiger partial charge on any atom is 0.418 e. The van der Waals surface area contributed by atoms with Crippen molar-refractivity contribution in [3.63, 3.8) is 0 Å². The first-order valence-corrected chi connectivity index (χ1v) is 10.8. The SMILES string of the molecule is O=C(Nc1ccc(NS(=O)(=O)c2ccccc2Br)c(C(F)(F)F)c1)C1CCCO1. The van der Waals surface area contributed by atoms with Crippen LogP contribution in [0, 0.1) is 0 Å². The fourth-order valence-corrected chi connectivity index (χ4v) is 4.90. The second kappa shape index (κ2) is 8.33. The number of nitrogens with one attached hydrogen (secondary N) is 2. The fraction of sp³-hybridized carbons (Fsp3) is 0.278. The molecule has 1 aliphatic rings. The van der Waals surface area contributed by atoms with E-state index in [2.05, 4.69) is 21.2 Å². The predicted molar refractivity (Wildman–Crippen MR) is 104 cm³/mol. The number of ether oxygens (including phenoxy) is 1. The largest absolute Gasteiger partial charge is 0.418 e. The van der Waals surface area contributed by atoms with Crippen molar-refractivity contribution < 1.29 is 31.1 Å². The lowest BCUT2D eigenvalue weighted by Crippen LogP contribution is -2.27. The van der Waals surface area contributed by atoms with E-state index in [0.29, 0.717) is 25.5 Å². The Bertz CT molecular complexity index is 1020. The number of sulfonamides is 1. The van der Waals surface area contributed by atoms with Crippen LogP contribution in [-0.4, -0.2) is 27.0 Å². The van der Waals surface area contributed by atoms with E-state index in [9.17, 15) is 26.4 Å². The molecule has 0 saturated carbocycles. The fourth-order valence-electron chi connectivity index (χ4n) is 2.82. The van der Waals surface area contributed by atoms with Gasteiger partial charge in [0, 0.05) is 16.8 Å². The quantitative estimate of drug-likeness (QED) is 0.648. The van der Waals surface area contributed by atoms with Crippen molar-refractivity contribution in [2.24, 2.45) is 0 Å². The van der Waals surface area contributed by atoms with Gasteiger partial charge in [-0.2, -0.15) is 13.2 Å². The zero-order valence-corrected chi connectivity index (χ0v) is 17.2. The van der Waals surface area contributed by atoms with Crippen molar-refractivity contribution in [1.29, 1.82) is 0 Å². The highest BCUT2D eigenvalue weighted by Gasteiger charge is 2.35. The van der Waals surface area contributed by atoms with Gasteiger partial charge in [0.25, 0.3) is 15.9 Å². The number of carbonyl (C=O) groups excluding carboxylic acids is 1. The summed E-state index contributed by atoms with van der Waals surface area (Å²) >= 11 is 3.07. The topological polar surface area (TPSA) is 84.5 Å². The van der Waals surface area contributed by atoms with Gasteiger partial charge in [0.05, 0.1) is 11.3 Å². The zero-order chi connectivity index (χ0) is 21.2. The molecule has 3 rings (SSSR count). The highest BCUT2D eigenvalue weighted by molar-refractivity contribution is 9.10. The Kier molecular flexibility index (Phi) is 6.20. The highest BCUT2D eigenvalue weighted by Crippen LogP contribution is 2.38. The van der Waals surface area contributed by atoms with Gasteiger partial charge in [0.15, 0.2) is 0 Å². The van der Waals surface area contributed by atoms with Gasteiger partial charge in [-0.25, -0.2) is 8.42 Å². The van der Waals surface area contributed by atoms with Gasteiger partial charge < -0.3 is 10.1 Å². The molecule has 6 nitrogen and oxygen atoms in total. The van der Waals surface area contributed by atoms with Crippen molar-refractivity contribution in [3.8, 4) is 0 Å². The average molecular weight is 493 g/mol. The molecule has 29 heavy (non-hydrogen) atoms. The van der Waals surface area contributed by atoms with Crippen molar-refractivity contribution in [3.05, 3.63) is 52.5 Å². The minimum absolute atomic E-state index is 0.110. The number of carbonyl (C=O) groups is 1. The van der Waals surface area contributed by atoms with Crippen LogP contribution in [0.15, 0.2) is 51.8 Å². The minimum atomic E-state index is -4.85. The van der Waals surface area contributed by atoms with Crippen LogP contribution in [0.1, 0.15) is 18.4 Å². The molecule has 1 aliphatic heterocycles. The molecule has 0 bridgehead atoms. The Labute approximate surface area is 173 Å². The maximum atomic E-state index is 13.5. The molecule has 0 aromatic heterocycles. The van der Waals surface area contributed by atoms with Crippen LogP contribution in [0.4, 0.5) is 24.5 Å². The normalized spacial score (nSPS) is 17.2. The van der Waals surface area contributed by atoms with Gasteiger partial charge in [-0.3, -0.25) is 9.52 Å². The molecule has 11 heteroatoms. The van der Waals surface area contributed by atoms with E-state index in [0.717, 1.165) is 6.07 Å². The smallest absolute Gasteiger partial charge is 0.368 e. The molecule has 1 saturated heterocycles. The van der Waals surface area contributed by atoms with Gasteiger partial charge in [0.1, 0.15) is 11.0 Å². The lowest BCUT2D eigenvalue weighted by molar-refractivity contribution is -0.137. The lowest BCUT2D eigenvalue weighted by atomic mass is 10.1. The van der Waals surface area contributed by atoms with E-state index in [4.69, 9.17) is 4.74 Å². The molecule has 0 radical (unpaired) electrons. The van der Waals surface area contributed by atoms with Crippen LogP contribution in [0.2, 0.25) is 0 Å². The Balaban J connectivity index is 1.90. The number of rotatable bonds is 5. The third-order valence-corrected chi connectivity index (χ3v) is 6.56. The van der Waals surface area contributed by atoms with Gasteiger partial charge in [-0.15, -0.1) is 0 Å². The lowest BCUT2D eigenvalue weighted by Gasteiger charge is -2.17. The zero-order valence-electron chi connectivity index (χ0n) is 14.8. The number of halogens is 4. The van der Waals surface area contributed by atoms with Crippen LogP contribution >= 0.6 is 15.9 Å². The second-order valence-electron chi connectivity index (χ2n) is 6.28. The standard InChI is InChI=1S/C18H16BrF3N2O4S/c19-13-4-1-2-6-16(13)29(26,27)24-14-8-7-11(10-12(14)18(20,21)22)23-17(25)15-5-3-9-28-15/h1-2,4,6-8,10,15,24H,3,5,9H2,(H,23,25). The molecule has 0 spiro atoms. The van der Waals surface area contributed by atoms with Gasteiger partial charge in [-0.05, 0) is 59.1 Å². The first-order chi connectivity index (χ1) is 13.6. The number of anilines is 2. The first-order valence-electron chi connectivity index (χ1n) is 8.49. The van der Waals surface area contributed by atoms with E-state index in [1.54, 1.807) is 6.07 Å². The van der Waals surface area contributed by atoms with Crippen molar-refractivity contribution in [2.45, 2.75) is 30.0 Å². The third-order valence-electron chi connectivity index (χ3n) is 4.19. The molecule has 1 atom stereocenters. The average Bonchev–Trinajstić information content (AvgIpc) is 3.17. The molecule has 1 fully saturated rings. The molecule has 1 amide bonds. The Morgan fingerprint density at radius 3 is 2.52 bits per heavy atom. The Hall–Kier alpha value is -2.11. The van der Waals surface area contributed by atoms with E-state index in [-0.39, 0.29) is 15.1 Å². The van der Waals surface area contributed by atoms with Crippen molar-refractivity contribution >= 4 is 43.2 Å². The van der Waals surface area contributed by atoms with Crippen LogP contribution in [0.5, 0.6) is 0 Å². The maximum absolute atomic E-state index is 13.5. The van der Waals surface area contributed by atoms with Gasteiger partial charge in [0.2, 0.25) is 0 Å². The molecule has 0 aliphatic carbocycles. The summed E-state index contributed by atoms with van der Waals surface area (Å²) in [6.45, 7) is 0.418. The monoisotopic (exact) mass is 492 g/mol.